The first-order valence-electron chi connectivity index (χ1n) is 8.35. The van der Waals surface area contributed by atoms with Crippen molar-refractivity contribution >= 4 is 5.95 Å². The highest BCUT2D eigenvalue weighted by Gasteiger charge is 2.32. The number of piperidine rings is 1. The number of hydrogen-bond donors (Lipinski definition) is 1. The molecule has 2 aliphatic heterocycles. The molecule has 1 aromatic rings. The monoisotopic (exact) mass is 274 g/mol. The van der Waals surface area contributed by atoms with E-state index in [1.54, 1.807) is 0 Å². The first-order chi connectivity index (χ1) is 9.81. The molecule has 0 spiro atoms. The fourth-order valence-electron chi connectivity index (χ4n) is 3.97. The van der Waals surface area contributed by atoms with Crippen LogP contribution in [0.5, 0.6) is 0 Å². The van der Waals surface area contributed by atoms with Crippen molar-refractivity contribution in [2.24, 2.45) is 5.92 Å². The third kappa shape index (κ3) is 2.34. The van der Waals surface area contributed by atoms with Gasteiger partial charge in [-0.1, -0.05) is 0 Å². The first kappa shape index (κ1) is 12.7. The summed E-state index contributed by atoms with van der Waals surface area (Å²) in [6, 6.07) is 1.53. The van der Waals surface area contributed by atoms with Crippen molar-refractivity contribution in [3.63, 3.8) is 0 Å². The minimum atomic E-state index is 0.737. The van der Waals surface area contributed by atoms with Crippen molar-refractivity contribution in [1.82, 2.24) is 14.9 Å². The van der Waals surface area contributed by atoms with E-state index in [9.17, 15) is 0 Å². The van der Waals surface area contributed by atoms with Crippen LogP contribution in [0.25, 0.3) is 0 Å². The Morgan fingerprint density at radius 3 is 2.60 bits per heavy atom. The number of aromatic nitrogens is 2. The Morgan fingerprint density at radius 1 is 1.15 bits per heavy atom. The molecule has 4 heteroatoms. The highest BCUT2D eigenvalue weighted by Crippen LogP contribution is 2.39. The van der Waals surface area contributed by atoms with Gasteiger partial charge in [-0.15, -0.1) is 0 Å². The summed E-state index contributed by atoms with van der Waals surface area (Å²) in [6.45, 7) is 5.73. The molecule has 4 rings (SSSR count). The van der Waals surface area contributed by atoms with Gasteiger partial charge in [0.1, 0.15) is 0 Å². The highest BCUT2D eigenvalue weighted by molar-refractivity contribution is 5.35. The molecule has 1 saturated carbocycles. The topological polar surface area (TPSA) is 33.1 Å². The minimum Gasteiger partial charge on any atom is -0.342 e. The van der Waals surface area contributed by atoms with Gasteiger partial charge < -0.3 is 14.8 Å². The molecule has 20 heavy (non-hydrogen) atoms. The molecule has 1 aromatic heterocycles. The lowest BCUT2D eigenvalue weighted by Crippen LogP contribution is -2.41. The molecular formula is C16H26N4. The van der Waals surface area contributed by atoms with Crippen molar-refractivity contribution in [2.75, 3.05) is 24.5 Å². The Labute approximate surface area is 121 Å². The average molecular weight is 274 g/mol. The van der Waals surface area contributed by atoms with E-state index >= 15 is 0 Å². The van der Waals surface area contributed by atoms with Gasteiger partial charge in [0.2, 0.25) is 5.95 Å². The second-order valence-electron chi connectivity index (χ2n) is 6.85. The third-order valence-corrected chi connectivity index (χ3v) is 5.26. The molecule has 1 N–H and O–H groups in total. The Balaban J connectivity index is 1.43. The van der Waals surface area contributed by atoms with Gasteiger partial charge in [-0.25, -0.2) is 4.98 Å². The Hall–Kier alpha value is -1.03. The molecule has 2 saturated heterocycles. The van der Waals surface area contributed by atoms with Crippen LogP contribution < -0.4 is 10.2 Å². The molecule has 0 aromatic carbocycles. The molecule has 4 nitrogen and oxygen atoms in total. The quantitative estimate of drug-likeness (QED) is 0.919. The molecule has 1 atom stereocenters. The van der Waals surface area contributed by atoms with Gasteiger partial charge in [0.15, 0.2) is 0 Å². The van der Waals surface area contributed by atoms with Crippen LogP contribution in [0.3, 0.4) is 0 Å². The lowest BCUT2D eigenvalue weighted by atomic mass is 9.89. The van der Waals surface area contributed by atoms with Crippen LogP contribution in [0.4, 0.5) is 5.95 Å². The van der Waals surface area contributed by atoms with Crippen molar-refractivity contribution < 1.29 is 0 Å². The number of imidazole rings is 1. The number of nitrogens with one attached hydrogen (secondary N) is 1. The Kier molecular flexibility index (Phi) is 3.21. The normalized spacial score (nSPS) is 28.2. The van der Waals surface area contributed by atoms with E-state index in [1.165, 1.54) is 69.8 Å². The van der Waals surface area contributed by atoms with Crippen LogP contribution in [-0.2, 0) is 0 Å². The maximum atomic E-state index is 4.79. The number of anilines is 1. The van der Waals surface area contributed by atoms with Gasteiger partial charge in [-0.2, -0.15) is 0 Å². The lowest BCUT2D eigenvalue weighted by Gasteiger charge is -2.35. The summed E-state index contributed by atoms with van der Waals surface area (Å²) in [6.07, 6.45) is 10.3. The Bertz CT molecular complexity index is 463. The summed E-state index contributed by atoms with van der Waals surface area (Å²) >= 11 is 0. The maximum absolute atomic E-state index is 4.79. The van der Waals surface area contributed by atoms with Crippen LogP contribution in [-0.4, -0.2) is 35.2 Å². The van der Waals surface area contributed by atoms with Crippen molar-refractivity contribution in [3.8, 4) is 0 Å². The molecule has 1 aliphatic carbocycles. The third-order valence-electron chi connectivity index (χ3n) is 5.26. The summed E-state index contributed by atoms with van der Waals surface area (Å²) in [5.74, 6) is 2.13. The van der Waals surface area contributed by atoms with E-state index in [0.717, 1.165) is 18.0 Å². The van der Waals surface area contributed by atoms with E-state index in [2.05, 4.69) is 27.9 Å². The minimum absolute atomic E-state index is 0.737. The molecule has 1 unspecified atom stereocenters. The van der Waals surface area contributed by atoms with Crippen LogP contribution in [0.15, 0.2) is 6.20 Å². The zero-order valence-corrected chi connectivity index (χ0v) is 12.5. The molecule has 0 radical (unpaired) electrons. The summed E-state index contributed by atoms with van der Waals surface area (Å²) in [5, 5.41) is 3.69. The van der Waals surface area contributed by atoms with Crippen molar-refractivity contribution in [1.29, 1.82) is 0 Å². The molecule has 0 amide bonds. The highest BCUT2D eigenvalue weighted by atomic mass is 15.3. The maximum Gasteiger partial charge on any atom is 0.205 e. The van der Waals surface area contributed by atoms with Crippen molar-refractivity contribution in [3.05, 3.63) is 11.9 Å². The standard InChI is InChI=1S/C16H26N4/c1-12-11-20(14-4-5-14)16(18-12)19-9-6-13(7-10-19)15-3-2-8-17-15/h11,13-15,17H,2-10H2,1H3. The van der Waals surface area contributed by atoms with Gasteiger partial charge in [-0.05, 0) is 57.9 Å². The van der Waals surface area contributed by atoms with Crippen LogP contribution in [0.2, 0.25) is 0 Å². The van der Waals surface area contributed by atoms with Gasteiger partial charge in [0, 0.05) is 31.4 Å². The zero-order chi connectivity index (χ0) is 13.5. The van der Waals surface area contributed by atoms with E-state index < -0.39 is 0 Å². The second-order valence-corrected chi connectivity index (χ2v) is 6.85. The molecule has 3 fully saturated rings. The summed E-state index contributed by atoms with van der Waals surface area (Å²) in [7, 11) is 0. The fourth-order valence-corrected chi connectivity index (χ4v) is 3.97. The summed E-state index contributed by atoms with van der Waals surface area (Å²) in [4.78, 5) is 7.32. The van der Waals surface area contributed by atoms with Crippen LogP contribution in [0.1, 0.15) is 50.3 Å². The van der Waals surface area contributed by atoms with Gasteiger partial charge in [0.25, 0.3) is 0 Å². The fraction of sp³-hybridized carbons (Fsp3) is 0.812. The second kappa shape index (κ2) is 5.06. The predicted molar refractivity (Wildman–Crippen MR) is 81.2 cm³/mol. The zero-order valence-electron chi connectivity index (χ0n) is 12.5. The smallest absolute Gasteiger partial charge is 0.205 e. The number of nitrogens with zero attached hydrogens (tertiary/aromatic N) is 3. The number of hydrogen-bond acceptors (Lipinski definition) is 3. The average Bonchev–Trinajstić information content (AvgIpc) is 3.01. The van der Waals surface area contributed by atoms with Crippen molar-refractivity contribution in [2.45, 2.75) is 57.5 Å². The molecule has 3 heterocycles. The van der Waals surface area contributed by atoms with E-state index in [0.29, 0.717) is 0 Å². The predicted octanol–water partition coefficient (Wildman–Crippen LogP) is 2.49. The van der Waals surface area contributed by atoms with Gasteiger partial charge in [-0.3, -0.25) is 0 Å². The van der Waals surface area contributed by atoms with Gasteiger partial charge in [0.05, 0.1) is 5.69 Å². The van der Waals surface area contributed by atoms with E-state index in [-0.39, 0.29) is 0 Å². The van der Waals surface area contributed by atoms with Gasteiger partial charge >= 0.3 is 0 Å². The first-order valence-corrected chi connectivity index (χ1v) is 8.35. The number of rotatable bonds is 3. The lowest BCUT2D eigenvalue weighted by molar-refractivity contribution is 0.316. The molecule has 110 valence electrons. The Morgan fingerprint density at radius 2 is 1.95 bits per heavy atom. The molecule has 3 aliphatic rings. The van der Waals surface area contributed by atoms with E-state index in [1.807, 2.05) is 0 Å². The molecular weight excluding hydrogens is 248 g/mol. The van der Waals surface area contributed by atoms with E-state index in [4.69, 9.17) is 4.98 Å². The SMILES string of the molecule is Cc1cn(C2CC2)c(N2CCC(C3CCCN3)CC2)n1. The van der Waals surface area contributed by atoms with Crippen LogP contribution in [0, 0.1) is 12.8 Å². The van der Waals surface area contributed by atoms with Crippen LogP contribution >= 0.6 is 0 Å². The largest absolute Gasteiger partial charge is 0.342 e. The summed E-state index contributed by atoms with van der Waals surface area (Å²) < 4.78 is 2.43. The number of aryl methyl sites for hydroxylation is 1. The molecule has 0 bridgehead atoms. The summed E-state index contributed by atoms with van der Waals surface area (Å²) in [5.41, 5.74) is 1.17.